The largest absolute Gasteiger partial charge is 0.0827 e. The fourth-order valence-corrected chi connectivity index (χ4v) is 4.52. The molecule has 18 heavy (non-hydrogen) atoms. The average Bonchev–Trinajstić information content (AvgIpc) is 3.01. The van der Waals surface area contributed by atoms with E-state index in [2.05, 4.69) is 12.1 Å². The molecule has 3 rings (SSSR count). The van der Waals surface area contributed by atoms with Gasteiger partial charge in [0.25, 0.3) is 0 Å². The van der Waals surface area contributed by atoms with Crippen LogP contribution in [0.1, 0.15) is 56.9 Å². The normalized spacial score (nSPS) is 23.7. The lowest BCUT2D eigenvalue weighted by molar-refractivity contribution is 0.276. The summed E-state index contributed by atoms with van der Waals surface area (Å²) in [6.07, 6.45) is 11.1. The zero-order valence-corrected chi connectivity index (χ0v) is 12.2. The fraction of sp³-hybridized carbons (Fsp3) is 0.625. The summed E-state index contributed by atoms with van der Waals surface area (Å²) in [4.78, 5) is 0. The van der Waals surface area contributed by atoms with Gasteiger partial charge in [-0.05, 0) is 54.7 Å². The van der Waals surface area contributed by atoms with Gasteiger partial charge in [-0.3, -0.25) is 0 Å². The fourth-order valence-electron chi connectivity index (χ4n) is 4.22. The van der Waals surface area contributed by atoms with Crippen LogP contribution in [0.4, 0.5) is 0 Å². The molecule has 0 unspecified atom stereocenters. The van der Waals surface area contributed by atoms with Gasteiger partial charge in [0, 0.05) is 0 Å². The number of rotatable bonds is 2. The molecule has 0 aliphatic heterocycles. The van der Waals surface area contributed by atoms with Gasteiger partial charge in [-0.2, -0.15) is 0 Å². The third-order valence-electron chi connectivity index (χ3n) is 5.13. The Labute approximate surface area is 120 Å². The minimum absolute atomic E-state index is 0.407. The van der Waals surface area contributed by atoms with E-state index < -0.39 is 0 Å². The summed E-state index contributed by atoms with van der Waals surface area (Å²) in [5, 5.41) is 1.40. The molecule has 0 heterocycles. The molecule has 0 bridgehead atoms. The number of hydrogen-bond acceptors (Lipinski definition) is 0. The molecule has 0 saturated heterocycles. The van der Waals surface area contributed by atoms with E-state index in [1.54, 1.807) is 0 Å². The van der Waals surface area contributed by atoms with E-state index in [1.807, 2.05) is 6.07 Å². The van der Waals surface area contributed by atoms with Crippen LogP contribution in [0.2, 0.25) is 10.0 Å². The average molecular weight is 283 g/mol. The van der Waals surface area contributed by atoms with Crippen LogP contribution in [0.5, 0.6) is 0 Å². The molecule has 0 radical (unpaired) electrons. The van der Waals surface area contributed by atoms with Crippen molar-refractivity contribution >= 4 is 23.2 Å². The molecule has 2 fully saturated rings. The van der Waals surface area contributed by atoms with E-state index in [9.17, 15) is 0 Å². The van der Waals surface area contributed by atoms with Gasteiger partial charge >= 0.3 is 0 Å². The first-order chi connectivity index (χ1) is 8.72. The second-order valence-corrected chi connectivity index (χ2v) is 6.79. The lowest BCUT2D eigenvalue weighted by atomic mass is 9.68. The standard InChI is InChI=1S/C16H20Cl2/c17-14-8-7-13(11-15(14)18)16(9-3-4-10-16)12-5-1-2-6-12/h7-8,11-12H,1-6,9-10H2. The van der Waals surface area contributed by atoms with Crippen LogP contribution < -0.4 is 0 Å². The Morgan fingerprint density at radius 1 is 0.889 bits per heavy atom. The van der Waals surface area contributed by atoms with Crippen LogP contribution in [0, 0.1) is 5.92 Å². The van der Waals surface area contributed by atoms with E-state index in [0.29, 0.717) is 10.4 Å². The highest BCUT2D eigenvalue weighted by Gasteiger charge is 2.43. The van der Waals surface area contributed by atoms with Crippen molar-refractivity contribution in [1.29, 1.82) is 0 Å². The molecule has 2 saturated carbocycles. The van der Waals surface area contributed by atoms with Crippen molar-refractivity contribution in [2.45, 2.75) is 56.8 Å². The minimum Gasteiger partial charge on any atom is -0.0827 e. The number of benzene rings is 1. The van der Waals surface area contributed by atoms with Crippen LogP contribution in [-0.4, -0.2) is 0 Å². The molecule has 2 aliphatic carbocycles. The summed E-state index contributed by atoms with van der Waals surface area (Å²) < 4.78 is 0. The molecule has 98 valence electrons. The zero-order chi connectivity index (χ0) is 12.6. The van der Waals surface area contributed by atoms with Gasteiger partial charge in [0.15, 0.2) is 0 Å². The first-order valence-corrected chi connectivity index (χ1v) is 7.93. The Bertz CT molecular complexity index is 427. The topological polar surface area (TPSA) is 0 Å². The van der Waals surface area contributed by atoms with E-state index in [1.165, 1.54) is 56.9 Å². The molecule has 0 aromatic heterocycles. The molecular formula is C16H20Cl2. The molecule has 0 spiro atoms. The van der Waals surface area contributed by atoms with Crippen LogP contribution >= 0.6 is 23.2 Å². The molecule has 1 aromatic rings. The zero-order valence-electron chi connectivity index (χ0n) is 10.7. The van der Waals surface area contributed by atoms with Gasteiger partial charge in [-0.25, -0.2) is 0 Å². The third kappa shape index (κ3) is 2.08. The van der Waals surface area contributed by atoms with Gasteiger partial charge in [0.2, 0.25) is 0 Å². The van der Waals surface area contributed by atoms with Crippen molar-refractivity contribution in [2.75, 3.05) is 0 Å². The highest BCUT2D eigenvalue weighted by atomic mass is 35.5. The van der Waals surface area contributed by atoms with E-state index >= 15 is 0 Å². The monoisotopic (exact) mass is 282 g/mol. The van der Waals surface area contributed by atoms with Crippen molar-refractivity contribution in [3.63, 3.8) is 0 Å². The quantitative estimate of drug-likeness (QED) is 0.624. The summed E-state index contributed by atoms with van der Waals surface area (Å²) >= 11 is 12.3. The second kappa shape index (κ2) is 5.06. The van der Waals surface area contributed by atoms with Crippen LogP contribution in [-0.2, 0) is 5.41 Å². The van der Waals surface area contributed by atoms with Crippen molar-refractivity contribution in [3.05, 3.63) is 33.8 Å². The number of hydrogen-bond donors (Lipinski definition) is 0. The molecule has 0 nitrogen and oxygen atoms in total. The minimum atomic E-state index is 0.407. The Morgan fingerprint density at radius 3 is 2.17 bits per heavy atom. The predicted octanol–water partition coefficient (Wildman–Crippen LogP) is 6.00. The van der Waals surface area contributed by atoms with Crippen LogP contribution in [0.15, 0.2) is 18.2 Å². The maximum absolute atomic E-state index is 6.23. The van der Waals surface area contributed by atoms with Crippen molar-refractivity contribution < 1.29 is 0 Å². The Balaban J connectivity index is 2.00. The molecule has 0 N–H and O–H groups in total. The Morgan fingerprint density at radius 2 is 1.56 bits per heavy atom. The Kier molecular flexibility index (Phi) is 3.60. The SMILES string of the molecule is Clc1ccc(C2(C3CCCC3)CCCC2)cc1Cl. The molecular weight excluding hydrogens is 263 g/mol. The smallest absolute Gasteiger partial charge is 0.0595 e. The van der Waals surface area contributed by atoms with Gasteiger partial charge in [-0.15, -0.1) is 0 Å². The maximum atomic E-state index is 6.23. The van der Waals surface area contributed by atoms with E-state index in [4.69, 9.17) is 23.2 Å². The van der Waals surface area contributed by atoms with Gasteiger partial charge in [0.05, 0.1) is 10.0 Å². The molecule has 1 aromatic carbocycles. The van der Waals surface area contributed by atoms with Crippen LogP contribution in [0.25, 0.3) is 0 Å². The summed E-state index contributed by atoms with van der Waals surface area (Å²) in [7, 11) is 0. The second-order valence-electron chi connectivity index (χ2n) is 5.97. The highest BCUT2D eigenvalue weighted by Crippen LogP contribution is 2.52. The van der Waals surface area contributed by atoms with Crippen LogP contribution in [0.3, 0.4) is 0 Å². The maximum Gasteiger partial charge on any atom is 0.0595 e. The summed E-state index contributed by atoms with van der Waals surface area (Å²) in [6.45, 7) is 0. The summed E-state index contributed by atoms with van der Waals surface area (Å²) in [6, 6.07) is 6.33. The third-order valence-corrected chi connectivity index (χ3v) is 5.87. The lowest BCUT2D eigenvalue weighted by Gasteiger charge is -2.36. The van der Waals surface area contributed by atoms with Gasteiger partial charge in [0.1, 0.15) is 0 Å². The van der Waals surface area contributed by atoms with Gasteiger partial charge in [-0.1, -0.05) is 55.0 Å². The molecule has 0 amide bonds. The van der Waals surface area contributed by atoms with Gasteiger partial charge < -0.3 is 0 Å². The van der Waals surface area contributed by atoms with E-state index in [0.717, 1.165) is 10.9 Å². The first kappa shape index (κ1) is 12.8. The molecule has 0 atom stereocenters. The highest BCUT2D eigenvalue weighted by molar-refractivity contribution is 6.42. The molecule has 2 aliphatic rings. The predicted molar refractivity (Wildman–Crippen MR) is 78.6 cm³/mol. The summed E-state index contributed by atoms with van der Waals surface area (Å²) in [5.74, 6) is 0.872. The summed E-state index contributed by atoms with van der Waals surface area (Å²) in [5.41, 5.74) is 1.85. The van der Waals surface area contributed by atoms with Crippen molar-refractivity contribution in [2.24, 2.45) is 5.92 Å². The van der Waals surface area contributed by atoms with E-state index in [-0.39, 0.29) is 0 Å². The lowest BCUT2D eigenvalue weighted by Crippen LogP contribution is -2.30. The Hall–Kier alpha value is -0.200. The first-order valence-electron chi connectivity index (χ1n) is 7.18. The van der Waals surface area contributed by atoms with Crippen molar-refractivity contribution in [1.82, 2.24) is 0 Å². The molecule has 2 heteroatoms. The number of halogens is 2. The van der Waals surface area contributed by atoms with Crippen molar-refractivity contribution in [3.8, 4) is 0 Å².